The van der Waals surface area contributed by atoms with Gasteiger partial charge in [0.2, 0.25) is 0 Å². The molecule has 6 heteroatoms. The van der Waals surface area contributed by atoms with Gasteiger partial charge in [0.05, 0.1) is 11.6 Å². The van der Waals surface area contributed by atoms with Crippen LogP contribution in [0.1, 0.15) is 37.9 Å². The summed E-state index contributed by atoms with van der Waals surface area (Å²) in [6.45, 7) is 6.23. The summed E-state index contributed by atoms with van der Waals surface area (Å²) in [5.41, 5.74) is 2.69. The van der Waals surface area contributed by atoms with Crippen molar-refractivity contribution in [3.63, 3.8) is 0 Å². The summed E-state index contributed by atoms with van der Waals surface area (Å²) in [5, 5.41) is 11.2. The topological polar surface area (TPSA) is 52.9 Å². The van der Waals surface area contributed by atoms with Gasteiger partial charge in [-0.2, -0.15) is 0 Å². The minimum Gasteiger partial charge on any atom is -0.477 e. The fourth-order valence-electron chi connectivity index (χ4n) is 4.28. The molecule has 0 aliphatic carbocycles. The lowest BCUT2D eigenvalue weighted by molar-refractivity contribution is -0.131. The van der Waals surface area contributed by atoms with Gasteiger partial charge < -0.3 is 10.0 Å². The van der Waals surface area contributed by atoms with Gasteiger partial charge in [0.1, 0.15) is 4.91 Å². The lowest BCUT2D eigenvalue weighted by atomic mass is 9.82. The fourth-order valence-corrected chi connectivity index (χ4v) is 5.67. The quantitative estimate of drug-likeness (QED) is 0.661. The molecule has 2 heterocycles. The van der Waals surface area contributed by atoms with Crippen molar-refractivity contribution in [1.82, 2.24) is 4.90 Å². The van der Waals surface area contributed by atoms with Crippen LogP contribution in [-0.4, -0.2) is 26.7 Å². The van der Waals surface area contributed by atoms with Gasteiger partial charge in [-0.25, -0.2) is 4.79 Å². The van der Waals surface area contributed by atoms with E-state index in [9.17, 15) is 9.90 Å². The van der Waals surface area contributed by atoms with Gasteiger partial charge in [0, 0.05) is 10.7 Å². The average molecular weight is 427 g/mol. The van der Waals surface area contributed by atoms with E-state index < -0.39 is 11.5 Å². The summed E-state index contributed by atoms with van der Waals surface area (Å²) in [5.74, 6) is -0.828. The number of carboxylic acids is 1. The molecule has 2 aliphatic rings. The molecule has 2 aliphatic heterocycles. The average Bonchev–Trinajstić information content (AvgIpc) is 3.15. The van der Waals surface area contributed by atoms with Crippen LogP contribution in [0.3, 0.4) is 0 Å². The van der Waals surface area contributed by atoms with Gasteiger partial charge in [-0.15, -0.1) is 0 Å². The van der Waals surface area contributed by atoms with Crippen molar-refractivity contribution in [2.45, 2.75) is 38.8 Å². The number of rotatable bonds is 5. The maximum atomic E-state index is 11.9. The van der Waals surface area contributed by atoms with Gasteiger partial charge in [-0.1, -0.05) is 67.9 Å². The van der Waals surface area contributed by atoms with E-state index in [1.165, 1.54) is 17.3 Å². The maximum Gasteiger partial charge on any atom is 0.344 e. The van der Waals surface area contributed by atoms with Crippen LogP contribution in [0.15, 0.2) is 70.2 Å². The molecule has 0 bridgehead atoms. The van der Waals surface area contributed by atoms with Crippen LogP contribution in [0, 0.1) is 5.92 Å². The monoisotopic (exact) mass is 426 g/mol. The van der Waals surface area contributed by atoms with Crippen LogP contribution >= 0.6 is 23.4 Å². The largest absolute Gasteiger partial charge is 0.477 e. The summed E-state index contributed by atoms with van der Waals surface area (Å²) >= 11 is 7.41. The number of carboxylic acid groups (broad SMARTS) is 1. The van der Waals surface area contributed by atoms with Crippen LogP contribution in [0.2, 0.25) is 5.02 Å². The number of nitrogens with zero attached hydrogens (tertiary/aromatic N) is 2. The van der Waals surface area contributed by atoms with Crippen molar-refractivity contribution >= 4 is 34.5 Å². The highest BCUT2D eigenvalue weighted by Crippen LogP contribution is 2.53. The summed E-state index contributed by atoms with van der Waals surface area (Å²) < 4.78 is 0. The van der Waals surface area contributed by atoms with E-state index in [0.717, 1.165) is 22.8 Å². The Morgan fingerprint density at radius 2 is 1.86 bits per heavy atom. The molecule has 2 aromatic rings. The molecule has 1 N–H and O–H groups in total. The third kappa shape index (κ3) is 3.58. The molecular formula is C23H23ClN2O2S. The summed E-state index contributed by atoms with van der Waals surface area (Å²) in [7, 11) is 0. The second-order valence-electron chi connectivity index (χ2n) is 8.01. The first-order valence-corrected chi connectivity index (χ1v) is 10.8. The van der Waals surface area contributed by atoms with Crippen molar-refractivity contribution < 1.29 is 9.90 Å². The first-order valence-electron chi connectivity index (χ1n) is 9.64. The number of thioether (sulfide) groups is 1. The Hall–Kier alpha value is -2.24. The molecule has 0 spiro atoms. The Morgan fingerprint density at radius 1 is 1.21 bits per heavy atom. The number of allylic oxidation sites excluding steroid dienone is 1. The molecular weight excluding hydrogens is 404 g/mol. The second-order valence-corrected chi connectivity index (χ2v) is 9.43. The number of halogens is 1. The van der Waals surface area contributed by atoms with Gasteiger partial charge >= 0.3 is 5.97 Å². The highest BCUT2D eigenvalue weighted by molar-refractivity contribution is 8.18. The first kappa shape index (κ1) is 20.0. The van der Waals surface area contributed by atoms with Crippen molar-refractivity contribution in [3.05, 3.63) is 81.3 Å². The van der Waals surface area contributed by atoms with Crippen molar-refractivity contribution in [2.24, 2.45) is 10.9 Å². The predicted octanol–water partition coefficient (Wildman–Crippen LogP) is 5.75. The zero-order valence-corrected chi connectivity index (χ0v) is 18.2. The minimum absolute atomic E-state index is 0.0650. The number of fused-ring (bicyclic) bond motifs is 1. The SMILES string of the molecule is CC(C)C1=C(C(=O)O)SC2=N[C@](C)(Cc3ccccc3)[C@@H](c3ccc(Cl)cc3)N21. The Kier molecular flexibility index (Phi) is 5.21. The van der Waals surface area contributed by atoms with Gasteiger partial charge in [0.15, 0.2) is 5.17 Å². The van der Waals surface area contributed by atoms with Gasteiger partial charge in [0.25, 0.3) is 0 Å². The zero-order chi connectivity index (χ0) is 20.8. The van der Waals surface area contributed by atoms with E-state index in [0.29, 0.717) is 9.93 Å². The van der Waals surface area contributed by atoms with Crippen LogP contribution in [0.4, 0.5) is 0 Å². The lowest BCUT2D eigenvalue weighted by Gasteiger charge is -2.36. The molecule has 0 saturated carbocycles. The normalized spacial score (nSPS) is 23.6. The van der Waals surface area contributed by atoms with Crippen LogP contribution in [0.25, 0.3) is 0 Å². The first-order chi connectivity index (χ1) is 13.8. The van der Waals surface area contributed by atoms with E-state index in [4.69, 9.17) is 16.6 Å². The summed E-state index contributed by atoms with van der Waals surface area (Å²) in [6.07, 6.45) is 0.759. The molecule has 0 saturated heterocycles. The van der Waals surface area contributed by atoms with Crippen LogP contribution < -0.4 is 0 Å². The number of benzene rings is 2. The molecule has 4 rings (SSSR count). The molecule has 150 valence electrons. The summed E-state index contributed by atoms with van der Waals surface area (Å²) in [6, 6.07) is 18.0. The lowest BCUT2D eigenvalue weighted by Crippen LogP contribution is -2.39. The molecule has 0 unspecified atom stereocenters. The molecule has 0 radical (unpaired) electrons. The highest BCUT2D eigenvalue weighted by Gasteiger charge is 2.52. The number of aliphatic imine (C=N–C) groups is 1. The molecule has 2 aromatic carbocycles. The third-order valence-corrected chi connectivity index (χ3v) is 6.73. The smallest absolute Gasteiger partial charge is 0.344 e. The van der Waals surface area contributed by atoms with E-state index in [2.05, 4.69) is 24.0 Å². The zero-order valence-electron chi connectivity index (χ0n) is 16.6. The summed E-state index contributed by atoms with van der Waals surface area (Å²) in [4.78, 5) is 19.5. The number of aliphatic carboxylic acids is 1. The Bertz CT molecular complexity index is 1000. The molecule has 2 atom stereocenters. The van der Waals surface area contributed by atoms with Gasteiger partial charge in [-0.05, 0) is 54.3 Å². The van der Waals surface area contributed by atoms with Gasteiger partial charge in [-0.3, -0.25) is 4.99 Å². The standard InChI is InChI=1S/C23H23ClN2O2S/c1-14(2)18-19(21(27)28)29-22-25-23(3,13-15-7-5-4-6-8-15)20(26(18)22)16-9-11-17(24)12-10-16/h4-12,14,20H,13H2,1-3H3,(H,27,28)/t20-,23-/m1/s1. The second kappa shape index (κ2) is 7.54. The van der Waals surface area contributed by atoms with Crippen LogP contribution in [-0.2, 0) is 11.2 Å². The van der Waals surface area contributed by atoms with Crippen molar-refractivity contribution in [3.8, 4) is 0 Å². The van der Waals surface area contributed by atoms with E-state index >= 15 is 0 Å². The minimum atomic E-state index is -0.893. The number of hydrogen-bond acceptors (Lipinski definition) is 4. The Balaban J connectivity index is 1.84. The van der Waals surface area contributed by atoms with E-state index in [1.807, 2.05) is 56.3 Å². The fraction of sp³-hybridized carbons (Fsp3) is 0.304. The maximum absolute atomic E-state index is 11.9. The third-order valence-electron chi connectivity index (χ3n) is 5.42. The molecule has 4 nitrogen and oxygen atoms in total. The van der Waals surface area contributed by atoms with Crippen molar-refractivity contribution in [1.29, 1.82) is 0 Å². The molecule has 0 amide bonds. The highest BCUT2D eigenvalue weighted by atomic mass is 35.5. The molecule has 29 heavy (non-hydrogen) atoms. The Labute approximate surface area is 180 Å². The molecule has 0 aromatic heterocycles. The number of amidine groups is 1. The van der Waals surface area contributed by atoms with E-state index in [1.54, 1.807) is 0 Å². The van der Waals surface area contributed by atoms with E-state index in [-0.39, 0.29) is 12.0 Å². The van der Waals surface area contributed by atoms with Crippen molar-refractivity contribution in [2.75, 3.05) is 0 Å². The molecule has 0 fully saturated rings. The Morgan fingerprint density at radius 3 is 2.45 bits per heavy atom. The number of carbonyl (C=O) groups is 1. The van der Waals surface area contributed by atoms with Crippen LogP contribution in [0.5, 0.6) is 0 Å². The predicted molar refractivity (Wildman–Crippen MR) is 119 cm³/mol. The number of hydrogen-bond donors (Lipinski definition) is 1.